The average Bonchev–Trinajstić information content (AvgIpc) is 2.35. The Labute approximate surface area is 115 Å². The first-order chi connectivity index (χ1) is 8.26. The first-order valence-electron chi connectivity index (χ1n) is 5.88. The first kappa shape index (κ1) is 11.0. The molecular weight excluding hydrogens is 319 g/mol. The van der Waals surface area contributed by atoms with Crippen molar-refractivity contribution >= 4 is 44.1 Å². The minimum atomic E-state index is 1.10. The van der Waals surface area contributed by atoms with Crippen molar-refractivity contribution in [2.75, 3.05) is 0 Å². The lowest BCUT2D eigenvalue weighted by Crippen LogP contribution is -1.82. The number of rotatable bonds is 1. The van der Waals surface area contributed by atoms with Crippen LogP contribution < -0.4 is 0 Å². The monoisotopic (exact) mass is 332 g/mol. The van der Waals surface area contributed by atoms with E-state index in [-0.39, 0.29) is 0 Å². The van der Waals surface area contributed by atoms with E-state index in [1.165, 1.54) is 30.7 Å². The van der Waals surface area contributed by atoms with E-state index in [4.69, 9.17) is 0 Å². The van der Waals surface area contributed by atoms with Gasteiger partial charge in [-0.1, -0.05) is 31.2 Å². The second-order valence-electron chi connectivity index (χ2n) is 4.38. The number of aryl methyl sites for hydroxylation is 1. The third-order valence-electron chi connectivity index (χ3n) is 3.23. The van der Waals surface area contributed by atoms with Crippen molar-refractivity contribution in [2.24, 2.45) is 0 Å². The van der Waals surface area contributed by atoms with E-state index in [1.54, 1.807) is 0 Å². The van der Waals surface area contributed by atoms with E-state index in [9.17, 15) is 0 Å². The minimum absolute atomic E-state index is 1.10. The third-order valence-corrected chi connectivity index (χ3v) is 3.90. The number of halogens is 1. The molecule has 0 aromatic heterocycles. The Morgan fingerprint density at radius 2 is 1.41 bits per heavy atom. The lowest BCUT2D eigenvalue weighted by atomic mass is 10.0. The first-order valence-corrected chi connectivity index (χ1v) is 6.96. The van der Waals surface area contributed by atoms with E-state index >= 15 is 0 Å². The molecule has 3 aromatic rings. The number of hydrogen-bond acceptors (Lipinski definition) is 0. The molecule has 0 fully saturated rings. The highest BCUT2D eigenvalue weighted by atomic mass is 127. The Bertz CT molecular complexity index is 698. The molecule has 0 nitrogen and oxygen atoms in total. The SMILES string of the molecule is CCc1ccc2cc3cc(I)ccc3cc2c1. The molecule has 17 heavy (non-hydrogen) atoms. The van der Waals surface area contributed by atoms with Crippen LogP contribution in [-0.4, -0.2) is 0 Å². The van der Waals surface area contributed by atoms with Gasteiger partial charge in [0.15, 0.2) is 0 Å². The fourth-order valence-electron chi connectivity index (χ4n) is 2.24. The van der Waals surface area contributed by atoms with Crippen LogP contribution in [-0.2, 0) is 6.42 Å². The summed E-state index contributed by atoms with van der Waals surface area (Å²) in [5, 5.41) is 5.33. The molecule has 0 unspecified atom stereocenters. The van der Waals surface area contributed by atoms with E-state index < -0.39 is 0 Å². The molecule has 0 spiro atoms. The van der Waals surface area contributed by atoms with Gasteiger partial charge in [-0.15, -0.1) is 0 Å². The van der Waals surface area contributed by atoms with Gasteiger partial charge in [0.05, 0.1) is 0 Å². The van der Waals surface area contributed by atoms with Gasteiger partial charge in [0.1, 0.15) is 0 Å². The van der Waals surface area contributed by atoms with Gasteiger partial charge in [0, 0.05) is 3.57 Å². The molecule has 0 aliphatic heterocycles. The van der Waals surface area contributed by atoms with Crippen LogP contribution in [0.25, 0.3) is 21.5 Å². The van der Waals surface area contributed by atoms with E-state index in [0.29, 0.717) is 0 Å². The molecule has 0 radical (unpaired) electrons. The van der Waals surface area contributed by atoms with Crippen LogP contribution in [0, 0.1) is 3.57 Å². The molecule has 0 saturated heterocycles. The van der Waals surface area contributed by atoms with Gasteiger partial charge in [-0.2, -0.15) is 0 Å². The highest BCUT2D eigenvalue weighted by Crippen LogP contribution is 2.25. The van der Waals surface area contributed by atoms with Crippen LogP contribution >= 0.6 is 22.6 Å². The van der Waals surface area contributed by atoms with Crippen LogP contribution in [0.3, 0.4) is 0 Å². The molecule has 0 atom stereocenters. The van der Waals surface area contributed by atoms with E-state index in [2.05, 4.69) is 78.0 Å². The molecule has 0 saturated carbocycles. The van der Waals surface area contributed by atoms with Crippen molar-refractivity contribution in [1.82, 2.24) is 0 Å². The summed E-state index contributed by atoms with van der Waals surface area (Å²) in [6.07, 6.45) is 1.10. The second kappa shape index (κ2) is 4.30. The summed E-state index contributed by atoms with van der Waals surface area (Å²) in [6.45, 7) is 2.20. The molecular formula is C16H13I. The lowest BCUT2D eigenvalue weighted by Gasteiger charge is -2.05. The van der Waals surface area contributed by atoms with Gasteiger partial charge < -0.3 is 0 Å². The summed E-state index contributed by atoms with van der Waals surface area (Å²) in [6, 6.07) is 17.9. The van der Waals surface area contributed by atoms with Crippen molar-refractivity contribution in [3.8, 4) is 0 Å². The molecule has 1 heteroatoms. The number of fused-ring (bicyclic) bond motifs is 2. The summed E-state index contributed by atoms with van der Waals surface area (Å²) >= 11 is 2.36. The summed E-state index contributed by atoms with van der Waals surface area (Å²) in [4.78, 5) is 0. The maximum absolute atomic E-state index is 2.36. The topological polar surface area (TPSA) is 0 Å². The van der Waals surface area contributed by atoms with Crippen molar-refractivity contribution in [1.29, 1.82) is 0 Å². The third kappa shape index (κ3) is 2.04. The smallest absolute Gasteiger partial charge is 0.0136 e. The maximum Gasteiger partial charge on any atom is 0.0136 e. The van der Waals surface area contributed by atoms with Crippen LogP contribution in [0.1, 0.15) is 12.5 Å². The molecule has 3 aromatic carbocycles. The highest BCUT2D eigenvalue weighted by molar-refractivity contribution is 14.1. The van der Waals surface area contributed by atoms with E-state index in [1.807, 2.05) is 0 Å². The lowest BCUT2D eigenvalue weighted by molar-refractivity contribution is 1.15. The Morgan fingerprint density at radius 1 is 0.765 bits per heavy atom. The Balaban J connectivity index is 2.35. The highest BCUT2D eigenvalue weighted by Gasteiger charge is 1.99. The fraction of sp³-hybridized carbons (Fsp3) is 0.125. The van der Waals surface area contributed by atoms with Crippen LogP contribution in [0.2, 0.25) is 0 Å². The normalized spacial score (nSPS) is 11.2. The van der Waals surface area contributed by atoms with Crippen molar-refractivity contribution < 1.29 is 0 Å². The Hall–Kier alpha value is -1.09. The Morgan fingerprint density at radius 3 is 2.12 bits per heavy atom. The number of benzene rings is 3. The van der Waals surface area contributed by atoms with Gasteiger partial charge in [-0.05, 0) is 80.4 Å². The minimum Gasteiger partial charge on any atom is -0.0613 e. The predicted octanol–water partition coefficient (Wildman–Crippen LogP) is 5.16. The largest absolute Gasteiger partial charge is 0.0613 e. The van der Waals surface area contributed by atoms with Gasteiger partial charge in [-0.3, -0.25) is 0 Å². The standard InChI is InChI=1S/C16H13I/c1-2-11-3-4-12-9-15-10-16(17)6-5-13(15)8-14(12)7-11/h3-10H,2H2,1H3. The molecule has 0 heterocycles. The predicted molar refractivity (Wildman–Crippen MR) is 83.5 cm³/mol. The number of hydrogen-bond donors (Lipinski definition) is 0. The van der Waals surface area contributed by atoms with E-state index in [0.717, 1.165) is 6.42 Å². The van der Waals surface area contributed by atoms with Crippen molar-refractivity contribution in [3.05, 3.63) is 57.7 Å². The molecule has 3 rings (SSSR count). The summed E-state index contributed by atoms with van der Waals surface area (Å²) < 4.78 is 1.29. The molecule has 0 aliphatic rings. The zero-order valence-electron chi connectivity index (χ0n) is 9.70. The van der Waals surface area contributed by atoms with Gasteiger partial charge in [-0.25, -0.2) is 0 Å². The van der Waals surface area contributed by atoms with Gasteiger partial charge in [0.25, 0.3) is 0 Å². The van der Waals surface area contributed by atoms with Gasteiger partial charge in [0.2, 0.25) is 0 Å². The summed E-state index contributed by atoms with van der Waals surface area (Å²) in [7, 11) is 0. The molecule has 0 aliphatic carbocycles. The average molecular weight is 332 g/mol. The van der Waals surface area contributed by atoms with Crippen LogP contribution in [0.15, 0.2) is 48.5 Å². The molecule has 84 valence electrons. The zero-order valence-corrected chi connectivity index (χ0v) is 11.9. The van der Waals surface area contributed by atoms with Gasteiger partial charge >= 0.3 is 0 Å². The second-order valence-corrected chi connectivity index (χ2v) is 5.62. The molecule has 0 N–H and O–H groups in total. The summed E-state index contributed by atoms with van der Waals surface area (Å²) in [5.41, 5.74) is 1.40. The molecule has 0 amide bonds. The molecule has 0 bridgehead atoms. The van der Waals surface area contributed by atoms with Crippen molar-refractivity contribution in [3.63, 3.8) is 0 Å². The van der Waals surface area contributed by atoms with Crippen molar-refractivity contribution in [2.45, 2.75) is 13.3 Å². The summed E-state index contributed by atoms with van der Waals surface area (Å²) in [5.74, 6) is 0. The Kier molecular flexibility index (Phi) is 2.79. The maximum atomic E-state index is 2.36. The van der Waals surface area contributed by atoms with Crippen LogP contribution in [0.5, 0.6) is 0 Å². The quantitative estimate of drug-likeness (QED) is 0.426. The fourth-order valence-corrected chi connectivity index (χ4v) is 2.75. The zero-order chi connectivity index (χ0) is 11.8. The van der Waals surface area contributed by atoms with Crippen LogP contribution in [0.4, 0.5) is 0 Å².